The van der Waals surface area contributed by atoms with Crippen LogP contribution in [0.3, 0.4) is 0 Å². The van der Waals surface area contributed by atoms with Crippen molar-refractivity contribution in [3.8, 4) is 22.8 Å². The number of sulfonamides is 1. The average molecular weight is 605 g/mol. The quantitative estimate of drug-likeness (QED) is 0.280. The maximum Gasteiger partial charge on any atom is 0.416 e. The first-order valence-electron chi connectivity index (χ1n) is 12.7. The number of benzene rings is 3. The van der Waals surface area contributed by atoms with Crippen LogP contribution in [0.1, 0.15) is 30.4 Å². The van der Waals surface area contributed by atoms with Gasteiger partial charge in [-0.3, -0.25) is 4.79 Å². The largest absolute Gasteiger partial charge is 0.416 e. The van der Waals surface area contributed by atoms with Gasteiger partial charge in [0.05, 0.1) is 10.5 Å². The molecule has 2 heterocycles. The van der Waals surface area contributed by atoms with E-state index in [1.54, 1.807) is 24.3 Å². The van der Waals surface area contributed by atoms with Crippen molar-refractivity contribution in [3.05, 3.63) is 88.9 Å². The minimum absolute atomic E-state index is 0.0252. The molecule has 41 heavy (non-hydrogen) atoms. The standard InChI is InChI=1S/C28H24ClF3N4O4S/c29-22-12-14-23(15-13-22)41(38,39)36(24-3-1-2-16-33-26(24)37)17-18-4-6-20(7-5-18)27-34-25(35-40-27)19-8-10-21(11-9-19)28(30,31)32/h4-15,24H,1-3,16-17H2,(H,33,37)/t24-/m1/s1. The van der Waals surface area contributed by atoms with E-state index >= 15 is 0 Å². The van der Waals surface area contributed by atoms with Crippen molar-refractivity contribution >= 4 is 27.5 Å². The Labute approximate surface area is 239 Å². The van der Waals surface area contributed by atoms with Gasteiger partial charge in [0.1, 0.15) is 6.04 Å². The lowest BCUT2D eigenvalue weighted by Gasteiger charge is -2.29. The molecule has 0 aliphatic carbocycles. The van der Waals surface area contributed by atoms with E-state index in [9.17, 15) is 26.4 Å². The van der Waals surface area contributed by atoms with Gasteiger partial charge < -0.3 is 9.84 Å². The maximum absolute atomic E-state index is 13.7. The Bertz CT molecular complexity index is 1620. The maximum atomic E-state index is 13.7. The van der Waals surface area contributed by atoms with E-state index in [2.05, 4.69) is 15.5 Å². The van der Waals surface area contributed by atoms with Gasteiger partial charge in [0.15, 0.2) is 0 Å². The monoisotopic (exact) mass is 604 g/mol. The van der Waals surface area contributed by atoms with E-state index in [-0.39, 0.29) is 29.1 Å². The van der Waals surface area contributed by atoms with E-state index in [1.807, 2.05) is 0 Å². The second kappa shape index (κ2) is 11.6. The molecule has 1 fully saturated rings. The summed E-state index contributed by atoms with van der Waals surface area (Å²) in [7, 11) is -4.06. The molecular weight excluding hydrogens is 581 g/mol. The molecule has 1 N–H and O–H groups in total. The molecule has 1 amide bonds. The normalized spacial score (nSPS) is 16.4. The Kier molecular flexibility index (Phi) is 8.16. The molecule has 0 bridgehead atoms. The summed E-state index contributed by atoms with van der Waals surface area (Å²) >= 11 is 5.96. The minimum atomic E-state index is -4.45. The number of hydrogen-bond acceptors (Lipinski definition) is 6. The molecule has 5 rings (SSSR count). The van der Waals surface area contributed by atoms with E-state index in [4.69, 9.17) is 16.1 Å². The fourth-order valence-corrected chi connectivity index (χ4v) is 6.23. The van der Waals surface area contributed by atoms with Crippen molar-refractivity contribution in [3.63, 3.8) is 0 Å². The first-order valence-corrected chi connectivity index (χ1v) is 14.5. The highest BCUT2D eigenvalue weighted by molar-refractivity contribution is 7.89. The van der Waals surface area contributed by atoms with E-state index in [1.165, 1.54) is 40.7 Å². The average Bonchev–Trinajstić information content (AvgIpc) is 3.35. The molecule has 1 aliphatic heterocycles. The van der Waals surface area contributed by atoms with Crippen LogP contribution in [0.5, 0.6) is 0 Å². The van der Waals surface area contributed by atoms with Gasteiger partial charge in [-0.2, -0.15) is 22.5 Å². The highest BCUT2D eigenvalue weighted by Crippen LogP contribution is 2.31. The highest BCUT2D eigenvalue weighted by Gasteiger charge is 2.36. The van der Waals surface area contributed by atoms with Gasteiger partial charge in [-0.15, -0.1) is 0 Å². The van der Waals surface area contributed by atoms with Crippen LogP contribution >= 0.6 is 11.6 Å². The number of carbonyl (C=O) groups is 1. The molecule has 13 heteroatoms. The lowest BCUT2D eigenvalue weighted by molar-refractivity contribution is -0.137. The predicted molar refractivity (Wildman–Crippen MR) is 145 cm³/mol. The Morgan fingerprint density at radius 3 is 2.27 bits per heavy atom. The summed E-state index contributed by atoms with van der Waals surface area (Å²) in [4.78, 5) is 17.2. The number of hydrogen-bond donors (Lipinski definition) is 1. The van der Waals surface area contributed by atoms with Crippen LogP contribution in [0.25, 0.3) is 22.8 Å². The number of alkyl halides is 3. The van der Waals surface area contributed by atoms with Gasteiger partial charge in [-0.05, 0) is 73.4 Å². The zero-order valence-corrected chi connectivity index (χ0v) is 23.0. The summed E-state index contributed by atoms with van der Waals surface area (Å²) < 4.78 is 72.5. The van der Waals surface area contributed by atoms with Crippen molar-refractivity contribution in [2.45, 2.75) is 42.9 Å². The lowest BCUT2D eigenvalue weighted by Crippen LogP contribution is -2.48. The Morgan fingerprint density at radius 2 is 1.61 bits per heavy atom. The Balaban J connectivity index is 1.39. The zero-order valence-electron chi connectivity index (χ0n) is 21.4. The summed E-state index contributed by atoms with van der Waals surface area (Å²) in [5.74, 6) is -0.0871. The topological polar surface area (TPSA) is 105 Å². The minimum Gasteiger partial charge on any atom is -0.355 e. The summed E-state index contributed by atoms with van der Waals surface area (Å²) in [6.45, 7) is 0.418. The number of rotatable bonds is 7. The second-order valence-electron chi connectivity index (χ2n) is 9.50. The third-order valence-corrected chi connectivity index (χ3v) is 8.83. The summed E-state index contributed by atoms with van der Waals surface area (Å²) in [5.41, 5.74) is 0.716. The second-order valence-corrected chi connectivity index (χ2v) is 11.8. The van der Waals surface area contributed by atoms with Gasteiger partial charge in [0, 0.05) is 29.2 Å². The Morgan fingerprint density at radius 1 is 0.951 bits per heavy atom. The molecule has 1 saturated heterocycles. The van der Waals surface area contributed by atoms with Crippen LogP contribution in [0, 0.1) is 0 Å². The number of amides is 1. The molecule has 3 aromatic carbocycles. The molecule has 1 atom stereocenters. The third-order valence-electron chi connectivity index (χ3n) is 6.71. The van der Waals surface area contributed by atoms with Crippen LogP contribution in [-0.4, -0.2) is 41.4 Å². The van der Waals surface area contributed by atoms with Crippen molar-refractivity contribution < 1.29 is 30.9 Å². The van der Waals surface area contributed by atoms with Crippen LogP contribution in [-0.2, 0) is 27.5 Å². The van der Waals surface area contributed by atoms with Crippen molar-refractivity contribution in [1.82, 2.24) is 19.8 Å². The molecule has 8 nitrogen and oxygen atoms in total. The van der Waals surface area contributed by atoms with E-state index in [0.29, 0.717) is 41.1 Å². The lowest BCUT2D eigenvalue weighted by atomic mass is 10.1. The smallest absolute Gasteiger partial charge is 0.355 e. The number of halogens is 4. The molecule has 0 saturated carbocycles. The van der Waals surface area contributed by atoms with Gasteiger partial charge in [-0.1, -0.05) is 41.0 Å². The molecule has 0 radical (unpaired) electrons. The molecule has 0 spiro atoms. The number of nitrogens with one attached hydrogen (secondary N) is 1. The number of aromatic nitrogens is 2. The molecule has 214 valence electrons. The van der Waals surface area contributed by atoms with Crippen molar-refractivity contribution in [2.75, 3.05) is 6.54 Å². The van der Waals surface area contributed by atoms with Gasteiger partial charge in [-0.25, -0.2) is 8.42 Å². The first kappa shape index (κ1) is 28.8. The fourth-order valence-electron chi connectivity index (χ4n) is 4.50. The number of carbonyl (C=O) groups excluding carboxylic acids is 1. The molecule has 1 aliphatic rings. The van der Waals surface area contributed by atoms with Crippen LogP contribution < -0.4 is 5.32 Å². The van der Waals surface area contributed by atoms with Crippen LogP contribution in [0.2, 0.25) is 5.02 Å². The van der Waals surface area contributed by atoms with Gasteiger partial charge in [0.25, 0.3) is 5.89 Å². The van der Waals surface area contributed by atoms with Crippen LogP contribution in [0.15, 0.2) is 82.2 Å². The first-order chi connectivity index (χ1) is 19.5. The van der Waals surface area contributed by atoms with Crippen LogP contribution in [0.4, 0.5) is 13.2 Å². The van der Waals surface area contributed by atoms with Gasteiger partial charge in [0.2, 0.25) is 21.8 Å². The SMILES string of the molecule is O=C1NCCCC[C@H]1N(Cc1ccc(-c2nc(-c3ccc(C(F)(F)F)cc3)no2)cc1)S(=O)(=O)c1ccc(Cl)cc1. The zero-order chi connectivity index (χ0) is 29.2. The van der Waals surface area contributed by atoms with Crippen molar-refractivity contribution in [1.29, 1.82) is 0 Å². The molecule has 4 aromatic rings. The van der Waals surface area contributed by atoms with Crippen molar-refractivity contribution in [2.24, 2.45) is 0 Å². The third kappa shape index (κ3) is 6.45. The van der Waals surface area contributed by atoms with E-state index in [0.717, 1.165) is 18.6 Å². The molecular formula is C28H24ClF3N4O4S. The summed E-state index contributed by atoms with van der Waals surface area (Å²) in [5, 5.41) is 7.06. The summed E-state index contributed by atoms with van der Waals surface area (Å²) in [6, 6.07) is 16.0. The predicted octanol–water partition coefficient (Wildman–Crippen LogP) is 5.94. The number of nitrogens with zero attached hydrogens (tertiary/aromatic N) is 3. The van der Waals surface area contributed by atoms with Gasteiger partial charge >= 0.3 is 6.18 Å². The Hall–Kier alpha value is -3.74. The molecule has 1 aromatic heterocycles. The fraction of sp³-hybridized carbons (Fsp3) is 0.250. The van der Waals surface area contributed by atoms with E-state index < -0.39 is 27.8 Å². The molecule has 0 unspecified atom stereocenters. The highest BCUT2D eigenvalue weighted by atomic mass is 35.5. The summed E-state index contributed by atoms with van der Waals surface area (Å²) in [6.07, 6.45) is -2.63.